The highest BCUT2D eigenvalue weighted by atomic mass is 28.3. The predicted molar refractivity (Wildman–Crippen MR) is 56.6 cm³/mol. The third-order valence-electron chi connectivity index (χ3n) is 2.38. The van der Waals surface area contributed by atoms with Gasteiger partial charge in [-0.3, -0.25) is 0 Å². The van der Waals surface area contributed by atoms with Crippen molar-refractivity contribution in [1.82, 2.24) is 0 Å². The molecule has 1 heteroatoms. The summed E-state index contributed by atoms with van der Waals surface area (Å²) >= 11 is 0. The van der Waals surface area contributed by atoms with Gasteiger partial charge in [-0.05, 0) is 0 Å². The molecule has 0 aliphatic carbocycles. The topological polar surface area (TPSA) is 0 Å². The first-order chi connectivity index (χ1) is 5.12. The fourth-order valence-corrected chi connectivity index (χ4v) is 2.61. The molecule has 0 saturated heterocycles. The first-order valence-corrected chi connectivity index (χ1v) is 8.33. The molecule has 0 aliphatic heterocycles. The highest BCUT2D eigenvalue weighted by Gasteiger charge is 2.16. The number of hydrogen-bond acceptors (Lipinski definition) is 0. The summed E-state index contributed by atoms with van der Waals surface area (Å²) in [6.07, 6.45) is 5.66. The molecule has 0 rings (SSSR count). The maximum absolute atomic E-state index is 4.02. The summed E-state index contributed by atoms with van der Waals surface area (Å²) in [5.74, 6) is 0. The Hall–Kier alpha value is 0.217. The van der Waals surface area contributed by atoms with Crippen molar-refractivity contribution in [2.45, 2.75) is 57.8 Å². The third kappa shape index (κ3) is 6.61. The fraction of sp³-hybridized carbons (Fsp3) is 0.900. The average Bonchev–Trinajstić information content (AvgIpc) is 1.99. The summed E-state index contributed by atoms with van der Waals surface area (Å²) in [7, 11) is -0.838. The van der Waals surface area contributed by atoms with Crippen LogP contribution in [0.3, 0.4) is 0 Å². The van der Waals surface area contributed by atoms with Gasteiger partial charge in [0.25, 0.3) is 0 Å². The van der Waals surface area contributed by atoms with Crippen molar-refractivity contribution < 1.29 is 0 Å². The number of rotatable bonds is 6. The van der Waals surface area contributed by atoms with Gasteiger partial charge in [-0.2, -0.15) is 0 Å². The normalized spacial score (nSPS) is 12.0. The van der Waals surface area contributed by atoms with E-state index in [9.17, 15) is 0 Å². The second-order valence-corrected chi connectivity index (χ2v) is 9.55. The van der Waals surface area contributed by atoms with Crippen molar-refractivity contribution in [2.75, 3.05) is 0 Å². The van der Waals surface area contributed by atoms with E-state index in [-0.39, 0.29) is 0 Å². The van der Waals surface area contributed by atoms with Crippen molar-refractivity contribution in [3.05, 3.63) is 6.92 Å². The second kappa shape index (κ2) is 5.82. The van der Waals surface area contributed by atoms with E-state index in [1.165, 1.54) is 37.8 Å². The number of unbranched alkanes of at least 4 members (excludes halogenated alkanes) is 3. The maximum atomic E-state index is 4.02. The lowest BCUT2D eigenvalue weighted by molar-refractivity contribution is 0.696. The van der Waals surface area contributed by atoms with Crippen LogP contribution in [0.4, 0.5) is 0 Å². The van der Waals surface area contributed by atoms with E-state index in [0.717, 1.165) is 0 Å². The van der Waals surface area contributed by atoms with Gasteiger partial charge >= 0.3 is 0 Å². The molecule has 0 aromatic carbocycles. The standard InChI is InChI=1S/C10H23Si/c1-5-7-8-9-10-11(3,4)6-2/h2,5-10H2,1,3-4H3. The van der Waals surface area contributed by atoms with Gasteiger partial charge in [-0.1, -0.05) is 64.7 Å². The number of hydrogen-bond donors (Lipinski definition) is 0. The molecule has 0 atom stereocenters. The summed E-state index contributed by atoms with van der Waals surface area (Å²) < 4.78 is 0. The van der Waals surface area contributed by atoms with Crippen LogP contribution in [0.2, 0.25) is 25.2 Å². The van der Waals surface area contributed by atoms with E-state index in [0.29, 0.717) is 0 Å². The zero-order chi connectivity index (χ0) is 8.74. The van der Waals surface area contributed by atoms with E-state index in [4.69, 9.17) is 0 Å². The molecule has 0 unspecified atom stereocenters. The van der Waals surface area contributed by atoms with Crippen LogP contribution in [0.5, 0.6) is 0 Å². The third-order valence-corrected chi connectivity index (χ3v) is 5.44. The predicted octanol–water partition coefficient (Wildman–Crippen LogP) is 4.11. The first kappa shape index (κ1) is 11.2. The molecule has 0 spiro atoms. The van der Waals surface area contributed by atoms with Gasteiger partial charge in [-0.15, -0.1) is 0 Å². The van der Waals surface area contributed by atoms with Crippen LogP contribution < -0.4 is 0 Å². The summed E-state index contributed by atoms with van der Waals surface area (Å²) in [6.45, 7) is 11.2. The van der Waals surface area contributed by atoms with Gasteiger partial charge < -0.3 is 0 Å². The van der Waals surface area contributed by atoms with Crippen molar-refractivity contribution in [3.63, 3.8) is 0 Å². The molecule has 0 bridgehead atoms. The van der Waals surface area contributed by atoms with Crippen LogP contribution in [0, 0.1) is 6.92 Å². The molecule has 0 saturated carbocycles. The lowest BCUT2D eigenvalue weighted by Gasteiger charge is -2.19. The molecule has 67 valence electrons. The zero-order valence-electron chi connectivity index (χ0n) is 8.45. The Labute approximate surface area is 73.4 Å². The van der Waals surface area contributed by atoms with Crippen molar-refractivity contribution in [2.24, 2.45) is 0 Å². The van der Waals surface area contributed by atoms with Gasteiger partial charge in [0.15, 0.2) is 0 Å². The van der Waals surface area contributed by atoms with E-state index in [1.54, 1.807) is 0 Å². The molecule has 0 nitrogen and oxygen atoms in total. The minimum absolute atomic E-state index is 0.838. The Morgan fingerprint density at radius 1 is 1.09 bits per heavy atom. The van der Waals surface area contributed by atoms with E-state index in [2.05, 4.69) is 26.9 Å². The molecule has 0 aromatic rings. The minimum atomic E-state index is -0.838. The zero-order valence-corrected chi connectivity index (χ0v) is 9.45. The van der Waals surface area contributed by atoms with Crippen LogP contribution in [0.1, 0.15) is 32.6 Å². The second-order valence-electron chi connectivity index (χ2n) is 4.22. The van der Waals surface area contributed by atoms with Crippen LogP contribution in [-0.4, -0.2) is 8.07 Å². The van der Waals surface area contributed by atoms with Crippen molar-refractivity contribution in [3.8, 4) is 0 Å². The van der Waals surface area contributed by atoms with Crippen LogP contribution >= 0.6 is 0 Å². The molecule has 0 amide bonds. The summed E-state index contributed by atoms with van der Waals surface area (Å²) in [4.78, 5) is 0. The van der Waals surface area contributed by atoms with Crippen LogP contribution in [-0.2, 0) is 0 Å². The maximum Gasteiger partial charge on any atom is 0.0473 e. The lowest BCUT2D eigenvalue weighted by atomic mass is 10.2. The van der Waals surface area contributed by atoms with E-state index >= 15 is 0 Å². The molecule has 11 heavy (non-hydrogen) atoms. The van der Waals surface area contributed by atoms with Gasteiger partial charge in [0.2, 0.25) is 0 Å². The average molecular weight is 171 g/mol. The molecule has 1 radical (unpaired) electrons. The highest BCUT2D eigenvalue weighted by Crippen LogP contribution is 2.18. The molecule has 0 aromatic heterocycles. The van der Waals surface area contributed by atoms with Crippen molar-refractivity contribution in [1.29, 1.82) is 0 Å². The Morgan fingerprint density at radius 2 is 1.73 bits per heavy atom. The smallest absolute Gasteiger partial charge is 0.0473 e. The Balaban J connectivity index is 3.23. The molecule has 0 N–H and O–H groups in total. The molecule has 0 fully saturated rings. The first-order valence-electron chi connectivity index (χ1n) is 4.91. The van der Waals surface area contributed by atoms with E-state index in [1.807, 2.05) is 0 Å². The van der Waals surface area contributed by atoms with Gasteiger partial charge in [0, 0.05) is 8.07 Å². The van der Waals surface area contributed by atoms with Crippen LogP contribution in [0.25, 0.3) is 0 Å². The van der Waals surface area contributed by atoms with Gasteiger partial charge in [-0.25, -0.2) is 0 Å². The fourth-order valence-electron chi connectivity index (χ4n) is 1.16. The van der Waals surface area contributed by atoms with E-state index < -0.39 is 8.07 Å². The quantitative estimate of drug-likeness (QED) is 0.417. The summed E-state index contributed by atoms with van der Waals surface area (Å²) in [6, 6.07) is 2.69. The Kier molecular flexibility index (Phi) is 5.93. The monoisotopic (exact) mass is 171 g/mol. The lowest BCUT2D eigenvalue weighted by Crippen LogP contribution is -2.23. The van der Waals surface area contributed by atoms with Crippen molar-refractivity contribution >= 4 is 8.07 Å². The van der Waals surface area contributed by atoms with Gasteiger partial charge in [0.05, 0.1) is 0 Å². The summed E-state index contributed by atoms with van der Waals surface area (Å²) in [5, 5.41) is 0. The summed E-state index contributed by atoms with van der Waals surface area (Å²) in [5.41, 5.74) is 0. The van der Waals surface area contributed by atoms with Gasteiger partial charge in [0.1, 0.15) is 0 Å². The molecular weight excluding hydrogens is 148 g/mol. The molecule has 0 heterocycles. The largest absolute Gasteiger partial charge is 0.0693 e. The molecule has 0 aliphatic rings. The minimum Gasteiger partial charge on any atom is -0.0693 e. The van der Waals surface area contributed by atoms with Crippen LogP contribution in [0.15, 0.2) is 0 Å². The molecular formula is C10H23Si. The Morgan fingerprint density at radius 3 is 2.18 bits per heavy atom. The SMILES string of the molecule is [CH2]C[Si](C)(C)CCCCCC. The Bertz CT molecular complexity index is 86.9. The highest BCUT2D eigenvalue weighted by molar-refractivity contribution is 6.77.